The number of carbonyl (C=O) groups excluding carboxylic acids is 1. The zero-order valence-corrected chi connectivity index (χ0v) is 19.7. The third kappa shape index (κ3) is 3.98. The fourth-order valence-electron chi connectivity index (χ4n) is 4.29. The monoisotopic (exact) mass is 456 g/mol. The molecule has 0 spiro atoms. The average Bonchev–Trinajstić information content (AvgIpc) is 3.31. The summed E-state index contributed by atoms with van der Waals surface area (Å²) >= 11 is 0. The van der Waals surface area contributed by atoms with E-state index in [0.29, 0.717) is 37.5 Å². The molecule has 0 atom stereocenters. The van der Waals surface area contributed by atoms with E-state index in [-0.39, 0.29) is 11.9 Å². The van der Waals surface area contributed by atoms with Crippen LogP contribution in [-0.4, -0.2) is 45.3 Å². The number of hydrogen-bond acceptors (Lipinski definition) is 5. The van der Waals surface area contributed by atoms with E-state index in [2.05, 4.69) is 18.9 Å². The van der Waals surface area contributed by atoms with Crippen molar-refractivity contribution in [2.75, 3.05) is 19.8 Å². The number of pyridine rings is 1. The van der Waals surface area contributed by atoms with Crippen LogP contribution in [0.1, 0.15) is 42.7 Å². The normalized spacial score (nSPS) is 12.8. The summed E-state index contributed by atoms with van der Waals surface area (Å²) in [6, 6.07) is 17.7. The zero-order chi connectivity index (χ0) is 23.7. The molecule has 1 amide bonds. The third-order valence-electron chi connectivity index (χ3n) is 6.03. The molecule has 2 aromatic carbocycles. The fraction of sp³-hybridized carbons (Fsp3) is 0.296. The first-order valence-electron chi connectivity index (χ1n) is 11.7. The molecule has 2 aromatic heterocycles. The molecule has 7 nitrogen and oxygen atoms in total. The Morgan fingerprint density at radius 1 is 1.09 bits per heavy atom. The molecule has 0 radical (unpaired) electrons. The van der Waals surface area contributed by atoms with Crippen molar-refractivity contribution in [3.05, 3.63) is 71.9 Å². The van der Waals surface area contributed by atoms with Crippen LogP contribution in [0.2, 0.25) is 0 Å². The van der Waals surface area contributed by atoms with Gasteiger partial charge in [0, 0.05) is 30.3 Å². The highest BCUT2D eigenvalue weighted by molar-refractivity contribution is 6.06. The molecule has 4 aromatic rings. The highest BCUT2D eigenvalue weighted by atomic mass is 16.6. The Bertz CT molecular complexity index is 1330. The van der Waals surface area contributed by atoms with E-state index in [1.807, 2.05) is 71.1 Å². The summed E-state index contributed by atoms with van der Waals surface area (Å²) in [6.07, 6.45) is 1.75. The molecule has 0 unspecified atom stereocenters. The average molecular weight is 457 g/mol. The number of hydrogen-bond donors (Lipinski definition) is 0. The predicted molar refractivity (Wildman–Crippen MR) is 131 cm³/mol. The van der Waals surface area contributed by atoms with Gasteiger partial charge in [-0.15, -0.1) is 0 Å². The van der Waals surface area contributed by atoms with Gasteiger partial charge >= 0.3 is 0 Å². The topological polar surface area (TPSA) is 69.5 Å². The standard InChI is InChI=1S/C27H28N4O3/c1-4-30(17-20-11-8-12-24-25(20)34-14-13-33-24)27(32)21-15-23(19-9-6-5-7-10-19)29-26-22(21)16-28-31(26)18(2)3/h5-12,15-16,18H,4,13-14,17H2,1-3H3. The van der Waals surface area contributed by atoms with Gasteiger partial charge in [-0.3, -0.25) is 4.79 Å². The molecule has 0 bridgehead atoms. The lowest BCUT2D eigenvalue weighted by Gasteiger charge is -2.25. The number of benzene rings is 2. The van der Waals surface area contributed by atoms with Crippen molar-refractivity contribution in [2.24, 2.45) is 0 Å². The SMILES string of the molecule is CCN(Cc1cccc2c1OCCO2)C(=O)c1cc(-c2ccccc2)nc2c1cnn2C(C)C. The summed E-state index contributed by atoms with van der Waals surface area (Å²) in [5, 5.41) is 5.30. The molecule has 0 saturated carbocycles. The lowest BCUT2D eigenvalue weighted by atomic mass is 10.1. The number of amides is 1. The summed E-state index contributed by atoms with van der Waals surface area (Å²) in [5.41, 5.74) is 3.95. The van der Waals surface area contributed by atoms with E-state index in [1.165, 1.54) is 0 Å². The van der Waals surface area contributed by atoms with Crippen molar-refractivity contribution < 1.29 is 14.3 Å². The van der Waals surface area contributed by atoms with Crippen molar-refractivity contribution >= 4 is 16.9 Å². The van der Waals surface area contributed by atoms with E-state index in [1.54, 1.807) is 6.20 Å². The van der Waals surface area contributed by atoms with Gasteiger partial charge in [-0.2, -0.15) is 5.10 Å². The van der Waals surface area contributed by atoms with Crippen molar-refractivity contribution in [2.45, 2.75) is 33.4 Å². The van der Waals surface area contributed by atoms with Gasteiger partial charge in [0.1, 0.15) is 13.2 Å². The van der Waals surface area contributed by atoms with Crippen molar-refractivity contribution in [1.29, 1.82) is 0 Å². The van der Waals surface area contributed by atoms with Crippen LogP contribution >= 0.6 is 0 Å². The predicted octanol–water partition coefficient (Wildman–Crippen LogP) is 5.11. The Balaban J connectivity index is 1.58. The second-order valence-electron chi connectivity index (χ2n) is 8.60. The van der Waals surface area contributed by atoms with E-state index >= 15 is 0 Å². The fourth-order valence-corrected chi connectivity index (χ4v) is 4.29. The first-order valence-corrected chi connectivity index (χ1v) is 11.7. The maximum atomic E-state index is 13.9. The molecule has 1 aliphatic heterocycles. The van der Waals surface area contributed by atoms with Gasteiger partial charge in [0.05, 0.1) is 22.8 Å². The molecule has 34 heavy (non-hydrogen) atoms. The first-order chi connectivity index (χ1) is 16.6. The number of carbonyl (C=O) groups is 1. The number of ether oxygens (including phenoxy) is 2. The van der Waals surface area contributed by atoms with Gasteiger partial charge in [-0.25, -0.2) is 9.67 Å². The van der Waals surface area contributed by atoms with Gasteiger partial charge in [-0.1, -0.05) is 42.5 Å². The van der Waals surface area contributed by atoms with Crippen LogP contribution in [0.3, 0.4) is 0 Å². The first kappa shape index (κ1) is 21.9. The number of fused-ring (bicyclic) bond motifs is 2. The molecule has 0 aliphatic carbocycles. The van der Waals surface area contributed by atoms with Crippen molar-refractivity contribution in [1.82, 2.24) is 19.7 Å². The van der Waals surface area contributed by atoms with E-state index in [0.717, 1.165) is 33.7 Å². The molecular weight excluding hydrogens is 428 g/mol. The second-order valence-corrected chi connectivity index (χ2v) is 8.60. The minimum atomic E-state index is -0.0651. The Morgan fingerprint density at radius 2 is 1.88 bits per heavy atom. The minimum Gasteiger partial charge on any atom is -0.486 e. The van der Waals surface area contributed by atoms with E-state index in [4.69, 9.17) is 14.5 Å². The quantitative estimate of drug-likeness (QED) is 0.403. The summed E-state index contributed by atoms with van der Waals surface area (Å²) in [5.74, 6) is 1.38. The highest BCUT2D eigenvalue weighted by Gasteiger charge is 2.24. The minimum absolute atomic E-state index is 0.0651. The van der Waals surface area contributed by atoms with Crippen LogP contribution < -0.4 is 9.47 Å². The smallest absolute Gasteiger partial charge is 0.255 e. The maximum Gasteiger partial charge on any atom is 0.255 e. The second kappa shape index (κ2) is 9.17. The van der Waals surface area contributed by atoms with Gasteiger partial charge in [0.2, 0.25) is 0 Å². The number of aromatic nitrogens is 3. The Kier molecular flexibility index (Phi) is 5.92. The van der Waals surface area contributed by atoms with Gasteiger partial charge < -0.3 is 14.4 Å². The molecule has 5 rings (SSSR count). The number of para-hydroxylation sites is 1. The number of rotatable bonds is 6. The Morgan fingerprint density at radius 3 is 2.65 bits per heavy atom. The molecular formula is C27H28N4O3. The maximum absolute atomic E-state index is 13.9. The van der Waals surface area contributed by atoms with E-state index < -0.39 is 0 Å². The van der Waals surface area contributed by atoms with E-state index in [9.17, 15) is 4.79 Å². The largest absolute Gasteiger partial charge is 0.486 e. The van der Waals surface area contributed by atoms with Crippen LogP contribution in [-0.2, 0) is 6.54 Å². The molecule has 0 fully saturated rings. The molecule has 174 valence electrons. The van der Waals surface area contributed by atoms with Crippen molar-refractivity contribution in [3.8, 4) is 22.8 Å². The number of nitrogens with zero attached hydrogens (tertiary/aromatic N) is 4. The van der Waals surface area contributed by atoms with Crippen molar-refractivity contribution in [3.63, 3.8) is 0 Å². The summed E-state index contributed by atoms with van der Waals surface area (Å²) < 4.78 is 13.5. The lowest BCUT2D eigenvalue weighted by Crippen LogP contribution is -2.31. The van der Waals surface area contributed by atoms with Crippen LogP contribution in [0.4, 0.5) is 0 Å². The van der Waals surface area contributed by atoms with Crippen LogP contribution in [0, 0.1) is 0 Å². The van der Waals surface area contributed by atoms with Gasteiger partial charge in [0.25, 0.3) is 5.91 Å². The van der Waals surface area contributed by atoms with Gasteiger partial charge in [0.15, 0.2) is 17.1 Å². The third-order valence-corrected chi connectivity index (χ3v) is 6.03. The lowest BCUT2D eigenvalue weighted by molar-refractivity contribution is 0.0751. The summed E-state index contributed by atoms with van der Waals surface area (Å²) in [4.78, 5) is 20.6. The summed E-state index contributed by atoms with van der Waals surface area (Å²) in [7, 11) is 0. The molecule has 0 N–H and O–H groups in total. The van der Waals surface area contributed by atoms with Crippen LogP contribution in [0.5, 0.6) is 11.5 Å². The van der Waals surface area contributed by atoms with Gasteiger partial charge in [-0.05, 0) is 32.9 Å². The molecule has 7 heteroatoms. The van der Waals surface area contributed by atoms with Crippen LogP contribution in [0.25, 0.3) is 22.3 Å². The Labute approximate surface area is 198 Å². The summed E-state index contributed by atoms with van der Waals surface area (Å²) in [6.45, 7) is 8.11. The molecule has 0 saturated heterocycles. The van der Waals surface area contributed by atoms with Crippen LogP contribution in [0.15, 0.2) is 60.8 Å². The zero-order valence-electron chi connectivity index (χ0n) is 19.7. The Hall–Kier alpha value is -3.87. The molecule has 1 aliphatic rings. The molecule has 3 heterocycles. The highest BCUT2D eigenvalue weighted by Crippen LogP contribution is 2.35.